The van der Waals surface area contributed by atoms with E-state index in [0.717, 1.165) is 17.4 Å². The zero-order chi connectivity index (χ0) is 18.3. The molecular weight excluding hydrogens is 328 g/mol. The van der Waals surface area contributed by atoms with Gasteiger partial charge >= 0.3 is 0 Å². The van der Waals surface area contributed by atoms with E-state index in [1.165, 1.54) is 54.4 Å². The van der Waals surface area contributed by atoms with Crippen LogP contribution in [0.4, 0.5) is 0 Å². The Hall–Kier alpha value is -2.54. The van der Waals surface area contributed by atoms with E-state index in [1.54, 1.807) is 0 Å². The van der Waals surface area contributed by atoms with Gasteiger partial charge in [0.15, 0.2) is 0 Å². The molecule has 1 nitrogen and oxygen atoms in total. The Morgan fingerprint density at radius 2 is 1.26 bits per heavy atom. The number of hydrogen-bond acceptors (Lipinski definition) is 1. The number of para-hydroxylation sites is 2. The number of rotatable bonds is 2. The highest BCUT2D eigenvalue weighted by Gasteiger charge is 2.39. The topological polar surface area (TPSA) is 9.23 Å². The van der Waals surface area contributed by atoms with Gasteiger partial charge in [0.25, 0.3) is 0 Å². The Kier molecular flexibility index (Phi) is 4.04. The lowest BCUT2D eigenvalue weighted by molar-refractivity contribution is 0.426. The molecule has 0 unspecified atom stereocenters. The van der Waals surface area contributed by atoms with Gasteiger partial charge in [-0.15, -0.1) is 0 Å². The van der Waals surface area contributed by atoms with E-state index < -0.39 is 0 Å². The van der Waals surface area contributed by atoms with Crippen LogP contribution in [0.1, 0.15) is 67.2 Å². The highest BCUT2D eigenvalue weighted by molar-refractivity contribution is 5.62. The van der Waals surface area contributed by atoms with Gasteiger partial charge in [0.05, 0.1) is 0 Å². The molecule has 0 bridgehead atoms. The molecule has 1 heterocycles. The minimum atomic E-state index is -0.198. The first-order chi connectivity index (χ1) is 13.3. The zero-order valence-corrected chi connectivity index (χ0v) is 15.9. The Morgan fingerprint density at radius 1 is 0.704 bits per heavy atom. The van der Waals surface area contributed by atoms with E-state index >= 15 is 0 Å². The van der Waals surface area contributed by atoms with Crippen LogP contribution in [0.3, 0.4) is 0 Å². The van der Waals surface area contributed by atoms with E-state index in [4.69, 9.17) is 4.74 Å². The molecule has 0 saturated heterocycles. The summed E-state index contributed by atoms with van der Waals surface area (Å²) in [4.78, 5) is 0. The van der Waals surface area contributed by atoms with Crippen LogP contribution in [-0.4, -0.2) is 0 Å². The minimum Gasteiger partial charge on any atom is -0.457 e. The second-order valence-corrected chi connectivity index (χ2v) is 8.18. The van der Waals surface area contributed by atoms with Crippen molar-refractivity contribution in [2.45, 2.75) is 50.4 Å². The van der Waals surface area contributed by atoms with E-state index in [0.29, 0.717) is 0 Å². The fourth-order valence-electron chi connectivity index (χ4n) is 5.04. The van der Waals surface area contributed by atoms with Gasteiger partial charge in [0.2, 0.25) is 0 Å². The average Bonchev–Trinajstić information content (AvgIpc) is 2.75. The fraction of sp³-hybridized carbons (Fsp3) is 0.308. The van der Waals surface area contributed by atoms with E-state index in [2.05, 4.69) is 79.7 Å². The normalized spacial score (nSPS) is 18.3. The van der Waals surface area contributed by atoms with Crippen LogP contribution >= 0.6 is 0 Å². The van der Waals surface area contributed by atoms with Crippen LogP contribution in [0.15, 0.2) is 72.8 Å². The van der Waals surface area contributed by atoms with Gasteiger partial charge in [-0.05, 0) is 48.9 Å². The molecule has 0 amide bonds. The molecule has 0 radical (unpaired) electrons. The summed E-state index contributed by atoms with van der Waals surface area (Å²) in [6.45, 7) is 2.34. The smallest absolute Gasteiger partial charge is 0.131 e. The van der Waals surface area contributed by atoms with Crippen molar-refractivity contribution in [3.63, 3.8) is 0 Å². The first-order valence-electron chi connectivity index (χ1n) is 10.2. The summed E-state index contributed by atoms with van der Waals surface area (Å²) in [7, 11) is 0. The molecule has 1 fully saturated rings. The molecular formula is C26H26O. The van der Waals surface area contributed by atoms with Crippen molar-refractivity contribution >= 4 is 0 Å². The lowest BCUT2D eigenvalue weighted by Crippen LogP contribution is -2.29. The van der Waals surface area contributed by atoms with Crippen molar-refractivity contribution in [2.75, 3.05) is 0 Å². The van der Waals surface area contributed by atoms with Crippen molar-refractivity contribution < 1.29 is 4.74 Å². The molecule has 1 aliphatic carbocycles. The fourth-order valence-corrected chi connectivity index (χ4v) is 5.04. The van der Waals surface area contributed by atoms with Crippen LogP contribution in [0.25, 0.3) is 0 Å². The van der Waals surface area contributed by atoms with Gasteiger partial charge in [-0.2, -0.15) is 0 Å². The quantitative estimate of drug-likeness (QED) is 0.473. The van der Waals surface area contributed by atoms with Crippen molar-refractivity contribution in [2.24, 2.45) is 0 Å². The predicted octanol–water partition coefficient (Wildman–Crippen LogP) is 7.19. The highest BCUT2D eigenvalue weighted by Crippen LogP contribution is 2.51. The van der Waals surface area contributed by atoms with Gasteiger partial charge < -0.3 is 4.74 Å². The van der Waals surface area contributed by atoms with Crippen molar-refractivity contribution in [3.05, 3.63) is 95.1 Å². The minimum absolute atomic E-state index is 0.198. The third kappa shape index (κ3) is 2.68. The molecule has 0 atom stereocenters. The van der Waals surface area contributed by atoms with E-state index in [-0.39, 0.29) is 5.41 Å². The largest absolute Gasteiger partial charge is 0.457 e. The van der Waals surface area contributed by atoms with Crippen LogP contribution in [0.2, 0.25) is 0 Å². The van der Waals surface area contributed by atoms with E-state index in [1.807, 2.05) is 0 Å². The third-order valence-corrected chi connectivity index (χ3v) is 6.64. The maximum atomic E-state index is 6.21. The van der Waals surface area contributed by atoms with Gasteiger partial charge in [-0.1, -0.05) is 79.9 Å². The van der Waals surface area contributed by atoms with Crippen LogP contribution in [-0.2, 0) is 5.41 Å². The third-order valence-electron chi connectivity index (χ3n) is 6.64. The maximum absolute atomic E-state index is 6.21. The summed E-state index contributed by atoms with van der Waals surface area (Å²) >= 11 is 0. The van der Waals surface area contributed by atoms with Crippen molar-refractivity contribution in [1.29, 1.82) is 0 Å². The van der Waals surface area contributed by atoms with Crippen molar-refractivity contribution in [3.8, 4) is 11.5 Å². The first-order valence-corrected chi connectivity index (χ1v) is 10.2. The zero-order valence-electron chi connectivity index (χ0n) is 15.9. The van der Waals surface area contributed by atoms with Crippen LogP contribution < -0.4 is 4.74 Å². The Bertz CT molecular complexity index is 902. The van der Waals surface area contributed by atoms with Gasteiger partial charge in [-0.25, -0.2) is 0 Å². The summed E-state index contributed by atoms with van der Waals surface area (Å²) in [6.07, 6.45) is 6.84. The van der Waals surface area contributed by atoms with Crippen LogP contribution in [0.5, 0.6) is 11.5 Å². The van der Waals surface area contributed by atoms with Gasteiger partial charge in [0.1, 0.15) is 11.5 Å². The number of hydrogen-bond donors (Lipinski definition) is 0. The molecule has 5 rings (SSSR count). The Balaban J connectivity index is 1.61. The highest BCUT2D eigenvalue weighted by atomic mass is 16.5. The lowest BCUT2D eigenvalue weighted by Gasteiger charge is -2.38. The summed E-state index contributed by atoms with van der Waals surface area (Å²) in [5, 5.41) is 0. The molecule has 0 spiro atoms. The molecule has 27 heavy (non-hydrogen) atoms. The lowest BCUT2D eigenvalue weighted by atomic mass is 9.69. The Labute approximate surface area is 162 Å². The molecule has 3 aromatic carbocycles. The molecule has 3 aromatic rings. The van der Waals surface area contributed by atoms with Gasteiger partial charge in [-0.3, -0.25) is 0 Å². The van der Waals surface area contributed by atoms with Gasteiger partial charge in [0, 0.05) is 16.5 Å². The summed E-state index contributed by atoms with van der Waals surface area (Å²) < 4.78 is 6.21. The Morgan fingerprint density at radius 3 is 1.85 bits per heavy atom. The van der Waals surface area contributed by atoms with E-state index in [9.17, 15) is 0 Å². The predicted molar refractivity (Wildman–Crippen MR) is 111 cm³/mol. The standard InChI is InChI=1S/C26H26O/c1-26(21-17-15-20(16-18-21)19-9-3-2-4-10-19)22-11-5-7-13-24(22)27-25-14-8-6-12-23(25)26/h5-8,11-19H,2-4,9-10H2,1H3. The molecule has 1 saturated carbocycles. The second-order valence-electron chi connectivity index (χ2n) is 8.18. The average molecular weight is 354 g/mol. The summed E-state index contributed by atoms with van der Waals surface area (Å²) in [6, 6.07) is 26.4. The number of ether oxygens (including phenoxy) is 1. The molecule has 1 aliphatic heterocycles. The summed E-state index contributed by atoms with van der Waals surface area (Å²) in [5.74, 6) is 2.68. The molecule has 2 aliphatic rings. The van der Waals surface area contributed by atoms with Crippen molar-refractivity contribution in [1.82, 2.24) is 0 Å². The SMILES string of the molecule is CC1(c2ccc(C3CCCCC3)cc2)c2ccccc2Oc2ccccc21. The summed E-state index contributed by atoms with van der Waals surface area (Å²) in [5.41, 5.74) is 5.14. The number of benzene rings is 3. The number of fused-ring (bicyclic) bond motifs is 2. The van der Waals surface area contributed by atoms with Crippen LogP contribution in [0, 0.1) is 0 Å². The molecule has 1 heteroatoms. The first kappa shape index (κ1) is 16.6. The monoisotopic (exact) mass is 354 g/mol. The molecule has 0 N–H and O–H groups in total. The second kappa shape index (κ2) is 6.56. The molecule has 0 aromatic heterocycles. The maximum Gasteiger partial charge on any atom is 0.131 e. The molecule has 136 valence electrons.